The van der Waals surface area contributed by atoms with Gasteiger partial charge in [-0.1, -0.05) is 6.07 Å². The van der Waals surface area contributed by atoms with Crippen LogP contribution in [0.5, 0.6) is 11.5 Å². The van der Waals surface area contributed by atoms with Gasteiger partial charge in [0, 0.05) is 16.8 Å². The molecule has 6 nitrogen and oxygen atoms in total. The van der Waals surface area contributed by atoms with Crippen molar-refractivity contribution < 1.29 is 14.3 Å². The van der Waals surface area contributed by atoms with Gasteiger partial charge < -0.3 is 15.2 Å². The molecule has 2 rings (SSSR count). The average molecular weight is 378 g/mol. The highest BCUT2D eigenvalue weighted by Crippen LogP contribution is 2.36. The predicted molar refractivity (Wildman–Crippen MR) is 93.2 cm³/mol. The Bertz CT molecular complexity index is 747. The fourth-order valence-electron chi connectivity index (χ4n) is 1.91. The van der Waals surface area contributed by atoms with Gasteiger partial charge in [0.2, 0.25) is 0 Å². The number of benzene rings is 2. The first-order valence-corrected chi connectivity index (χ1v) is 7.45. The monoisotopic (exact) mass is 377 g/mol. The van der Waals surface area contributed by atoms with Crippen LogP contribution in [-0.2, 0) is 0 Å². The van der Waals surface area contributed by atoms with E-state index in [0.29, 0.717) is 27.2 Å². The number of carbonyl (C=O) groups is 1. The highest BCUT2D eigenvalue weighted by Gasteiger charge is 2.11. The van der Waals surface area contributed by atoms with Crippen molar-refractivity contribution in [1.29, 1.82) is 0 Å². The molecule has 0 saturated heterocycles. The lowest BCUT2D eigenvalue weighted by Gasteiger charge is -2.10. The summed E-state index contributed by atoms with van der Waals surface area (Å²) in [4.78, 5) is 12.0. The Morgan fingerprint density at radius 1 is 1.26 bits per heavy atom. The van der Waals surface area contributed by atoms with E-state index < -0.39 is 0 Å². The van der Waals surface area contributed by atoms with E-state index in [0.717, 1.165) is 5.56 Å². The molecule has 0 saturated carbocycles. The van der Waals surface area contributed by atoms with Gasteiger partial charge in [-0.15, -0.1) is 0 Å². The quantitative estimate of drug-likeness (QED) is 0.476. The minimum atomic E-state index is -0.342. The van der Waals surface area contributed by atoms with Gasteiger partial charge in [0.05, 0.1) is 24.9 Å². The van der Waals surface area contributed by atoms with Crippen molar-refractivity contribution in [3.63, 3.8) is 0 Å². The van der Waals surface area contributed by atoms with Crippen LogP contribution in [0.3, 0.4) is 0 Å². The second-order valence-corrected chi connectivity index (χ2v) is 5.32. The standard InChI is InChI=1S/C16H16BrN3O3/c1-22-13-7-6-11(14(17)15(13)23-2)9-19-20-16(21)10-4-3-5-12(18)8-10/h3-9H,18H2,1-2H3,(H,20,21)/b19-9-. The van der Waals surface area contributed by atoms with Gasteiger partial charge in [0.1, 0.15) is 0 Å². The van der Waals surface area contributed by atoms with Crippen LogP contribution < -0.4 is 20.6 Å². The van der Waals surface area contributed by atoms with E-state index >= 15 is 0 Å². The van der Waals surface area contributed by atoms with Crippen molar-refractivity contribution >= 4 is 33.7 Å². The van der Waals surface area contributed by atoms with Crippen molar-refractivity contribution in [2.24, 2.45) is 5.10 Å². The smallest absolute Gasteiger partial charge is 0.271 e. The van der Waals surface area contributed by atoms with Crippen molar-refractivity contribution in [3.05, 3.63) is 52.0 Å². The van der Waals surface area contributed by atoms with Crippen molar-refractivity contribution in [2.45, 2.75) is 0 Å². The Hall–Kier alpha value is -2.54. The molecule has 2 aromatic carbocycles. The van der Waals surface area contributed by atoms with Crippen LogP contribution in [-0.4, -0.2) is 26.3 Å². The van der Waals surface area contributed by atoms with Crippen LogP contribution in [0.1, 0.15) is 15.9 Å². The zero-order chi connectivity index (χ0) is 16.8. The molecule has 7 heteroatoms. The number of rotatable bonds is 5. The normalized spacial score (nSPS) is 10.6. The number of hydrazone groups is 1. The van der Waals surface area contributed by atoms with E-state index in [2.05, 4.69) is 26.5 Å². The first-order chi connectivity index (χ1) is 11.1. The summed E-state index contributed by atoms with van der Waals surface area (Å²) in [5.74, 6) is 0.809. The average Bonchev–Trinajstić information content (AvgIpc) is 2.55. The number of nitrogens with two attached hydrogens (primary N) is 1. The molecule has 120 valence electrons. The molecule has 3 N–H and O–H groups in total. The Morgan fingerprint density at radius 2 is 2.04 bits per heavy atom. The maximum atomic E-state index is 12.0. The second kappa shape index (κ2) is 7.64. The molecule has 0 aliphatic heterocycles. The third-order valence-electron chi connectivity index (χ3n) is 3.03. The summed E-state index contributed by atoms with van der Waals surface area (Å²) < 4.78 is 11.2. The van der Waals surface area contributed by atoms with Crippen LogP contribution >= 0.6 is 15.9 Å². The zero-order valence-corrected chi connectivity index (χ0v) is 14.3. The summed E-state index contributed by atoms with van der Waals surface area (Å²) >= 11 is 3.43. The summed E-state index contributed by atoms with van der Waals surface area (Å²) in [6.07, 6.45) is 1.51. The summed E-state index contributed by atoms with van der Waals surface area (Å²) in [5, 5.41) is 3.95. The lowest BCUT2D eigenvalue weighted by molar-refractivity contribution is 0.0955. The number of hydrogen-bond acceptors (Lipinski definition) is 5. The molecule has 0 unspecified atom stereocenters. The Balaban J connectivity index is 2.13. The molecule has 0 heterocycles. The third kappa shape index (κ3) is 4.01. The largest absolute Gasteiger partial charge is 0.493 e. The number of anilines is 1. The number of hydrogen-bond donors (Lipinski definition) is 2. The van der Waals surface area contributed by atoms with Gasteiger partial charge in [-0.05, 0) is 46.3 Å². The number of nitrogen functional groups attached to an aromatic ring is 1. The Labute approximate surface area is 142 Å². The highest BCUT2D eigenvalue weighted by atomic mass is 79.9. The molecule has 0 radical (unpaired) electrons. The SMILES string of the molecule is COc1ccc(/C=N\NC(=O)c2cccc(N)c2)c(Br)c1OC. The van der Waals surface area contributed by atoms with Crippen LogP contribution in [0.4, 0.5) is 5.69 Å². The third-order valence-corrected chi connectivity index (χ3v) is 3.85. The van der Waals surface area contributed by atoms with Crippen LogP contribution in [0.15, 0.2) is 46.0 Å². The second-order valence-electron chi connectivity index (χ2n) is 4.53. The van der Waals surface area contributed by atoms with Crippen molar-refractivity contribution in [1.82, 2.24) is 5.43 Å². The number of amides is 1. The number of methoxy groups -OCH3 is 2. The molecule has 0 aliphatic rings. The number of ether oxygens (including phenoxy) is 2. The fraction of sp³-hybridized carbons (Fsp3) is 0.125. The summed E-state index contributed by atoms with van der Waals surface area (Å²) in [5.41, 5.74) is 9.78. The van der Waals surface area contributed by atoms with Gasteiger partial charge in [-0.2, -0.15) is 5.10 Å². The summed E-state index contributed by atoms with van der Waals surface area (Å²) in [6.45, 7) is 0. The van der Waals surface area contributed by atoms with Crippen molar-refractivity contribution in [2.75, 3.05) is 20.0 Å². The van der Waals surface area contributed by atoms with Gasteiger partial charge >= 0.3 is 0 Å². The number of carbonyl (C=O) groups excluding carboxylic acids is 1. The van der Waals surface area contributed by atoms with Crippen molar-refractivity contribution in [3.8, 4) is 11.5 Å². The molecule has 0 fully saturated rings. The molecule has 1 amide bonds. The minimum absolute atomic E-state index is 0.342. The molecule has 2 aromatic rings. The Kier molecular flexibility index (Phi) is 5.59. The summed E-state index contributed by atoms with van der Waals surface area (Å²) in [6, 6.07) is 10.2. The molecule has 23 heavy (non-hydrogen) atoms. The lowest BCUT2D eigenvalue weighted by atomic mass is 10.2. The highest BCUT2D eigenvalue weighted by molar-refractivity contribution is 9.10. The van der Waals surface area contributed by atoms with Crippen LogP contribution in [0.25, 0.3) is 0 Å². The van der Waals surface area contributed by atoms with E-state index in [4.69, 9.17) is 15.2 Å². The maximum absolute atomic E-state index is 12.0. The topological polar surface area (TPSA) is 85.9 Å². The zero-order valence-electron chi connectivity index (χ0n) is 12.7. The Morgan fingerprint density at radius 3 is 2.70 bits per heavy atom. The molecule has 0 bridgehead atoms. The molecule has 0 atom stereocenters. The van der Waals surface area contributed by atoms with E-state index in [9.17, 15) is 4.79 Å². The predicted octanol–water partition coefficient (Wildman–Crippen LogP) is 2.81. The molecule has 0 aliphatic carbocycles. The fourth-order valence-corrected chi connectivity index (χ4v) is 2.50. The van der Waals surface area contributed by atoms with Gasteiger partial charge in [-0.3, -0.25) is 4.79 Å². The molecule has 0 spiro atoms. The number of halogens is 1. The lowest BCUT2D eigenvalue weighted by Crippen LogP contribution is -2.17. The number of nitrogens with one attached hydrogen (secondary N) is 1. The minimum Gasteiger partial charge on any atom is -0.493 e. The first kappa shape index (κ1) is 16.8. The van der Waals surface area contributed by atoms with Gasteiger partial charge in [0.25, 0.3) is 5.91 Å². The molecular formula is C16H16BrN3O3. The van der Waals surface area contributed by atoms with E-state index in [-0.39, 0.29) is 5.91 Å². The van der Waals surface area contributed by atoms with E-state index in [1.165, 1.54) is 6.21 Å². The number of nitrogens with zero attached hydrogens (tertiary/aromatic N) is 1. The first-order valence-electron chi connectivity index (χ1n) is 6.66. The molecular weight excluding hydrogens is 362 g/mol. The maximum Gasteiger partial charge on any atom is 0.271 e. The van der Waals surface area contributed by atoms with E-state index in [1.807, 2.05) is 0 Å². The van der Waals surface area contributed by atoms with E-state index in [1.54, 1.807) is 50.6 Å². The molecule has 0 aromatic heterocycles. The van der Waals surface area contributed by atoms with Gasteiger partial charge in [-0.25, -0.2) is 5.43 Å². The van der Waals surface area contributed by atoms with Crippen LogP contribution in [0.2, 0.25) is 0 Å². The summed E-state index contributed by atoms with van der Waals surface area (Å²) in [7, 11) is 3.11. The van der Waals surface area contributed by atoms with Gasteiger partial charge in [0.15, 0.2) is 11.5 Å². The van der Waals surface area contributed by atoms with Crippen LogP contribution in [0, 0.1) is 0 Å².